The SMILES string of the molecule is CN[C@H]1C[C@@H]1C(=O)Nc1cc2cc(-c3cncc(N)c3C)cc(N)c2cn1. The van der Waals surface area contributed by atoms with Crippen LogP contribution in [0.15, 0.2) is 36.8 Å². The highest BCUT2D eigenvalue weighted by atomic mass is 16.2. The number of hydrogen-bond acceptors (Lipinski definition) is 6. The Morgan fingerprint density at radius 2 is 1.96 bits per heavy atom. The summed E-state index contributed by atoms with van der Waals surface area (Å²) in [6.45, 7) is 1.96. The van der Waals surface area contributed by atoms with E-state index in [1.54, 1.807) is 18.6 Å². The van der Waals surface area contributed by atoms with E-state index in [1.165, 1.54) is 0 Å². The van der Waals surface area contributed by atoms with Crippen molar-refractivity contribution in [2.45, 2.75) is 19.4 Å². The first kappa shape index (κ1) is 17.2. The van der Waals surface area contributed by atoms with Gasteiger partial charge in [-0.15, -0.1) is 0 Å². The van der Waals surface area contributed by atoms with Crippen molar-refractivity contribution in [1.29, 1.82) is 0 Å². The fraction of sp³-hybridized carbons (Fsp3) is 0.250. The van der Waals surface area contributed by atoms with Crippen LogP contribution in [0, 0.1) is 12.8 Å². The number of nitrogen functional groups attached to an aromatic ring is 2. The second-order valence-corrected chi connectivity index (χ2v) is 6.98. The minimum absolute atomic E-state index is 0.00455. The molecule has 0 spiro atoms. The quantitative estimate of drug-likeness (QED) is 0.529. The van der Waals surface area contributed by atoms with E-state index in [9.17, 15) is 4.79 Å². The van der Waals surface area contributed by atoms with Crippen molar-refractivity contribution in [3.8, 4) is 11.1 Å². The van der Waals surface area contributed by atoms with Crippen molar-refractivity contribution in [3.05, 3.63) is 42.4 Å². The maximum atomic E-state index is 12.3. The van der Waals surface area contributed by atoms with Crippen molar-refractivity contribution in [2.24, 2.45) is 5.92 Å². The van der Waals surface area contributed by atoms with Crippen molar-refractivity contribution in [2.75, 3.05) is 23.8 Å². The van der Waals surface area contributed by atoms with Crippen LogP contribution >= 0.6 is 0 Å². The standard InChI is InChI=1S/C20H22N6O/c1-10-14(7-24-9-17(10)22)11-3-12-5-19(25-8-15(12)16(21)4-11)26-20(27)13-6-18(13)23-2/h3-5,7-9,13,18,23H,6,21-22H2,1-2H3,(H,25,26,27)/t13-,18-/m0/s1. The Kier molecular flexibility index (Phi) is 4.16. The number of anilines is 3. The van der Waals surface area contributed by atoms with E-state index < -0.39 is 0 Å². The number of carbonyl (C=O) groups is 1. The molecule has 6 N–H and O–H groups in total. The maximum absolute atomic E-state index is 12.3. The Bertz CT molecular complexity index is 1050. The average molecular weight is 362 g/mol. The molecule has 1 fully saturated rings. The van der Waals surface area contributed by atoms with E-state index in [0.29, 0.717) is 17.2 Å². The minimum atomic E-state index is -0.0128. The Morgan fingerprint density at radius 3 is 2.70 bits per heavy atom. The molecule has 0 aliphatic heterocycles. The third kappa shape index (κ3) is 3.17. The van der Waals surface area contributed by atoms with Crippen LogP contribution in [0.5, 0.6) is 0 Å². The molecule has 3 aromatic rings. The third-order valence-corrected chi connectivity index (χ3v) is 5.18. The molecule has 2 heterocycles. The first-order chi connectivity index (χ1) is 13.0. The zero-order valence-electron chi connectivity index (χ0n) is 15.3. The van der Waals surface area contributed by atoms with Crippen molar-refractivity contribution < 1.29 is 4.79 Å². The van der Waals surface area contributed by atoms with Crippen LogP contribution in [0.3, 0.4) is 0 Å². The second-order valence-electron chi connectivity index (χ2n) is 6.98. The van der Waals surface area contributed by atoms with Crippen LogP contribution in [-0.4, -0.2) is 29.0 Å². The number of nitrogens with two attached hydrogens (primary N) is 2. The normalized spacial score (nSPS) is 18.4. The van der Waals surface area contributed by atoms with E-state index >= 15 is 0 Å². The summed E-state index contributed by atoms with van der Waals surface area (Å²) < 4.78 is 0. The Labute approximate surface area is 157 Å². The summed E-state index contributed by atoms with van der Waals surface area (Å²) in [6.07, 6.45) is 5.96. The van der Waals surface area contributed by atoms with Gasteiger partial charge in [0.25, 0.3) is 0 Å². The molecule has 0 bridgehead atoms. The Balaban J connectivity index is 1.70. The van der Waals surface area contributed by atoms with Crippen LogP contribution in [0.2, 0.25) is 0 Å². The maximum Gasteiger partial charge on any atom is 0.230 e. The van der Waals surface area contributed by atoms with Crippen LogP contribution in [0.1, 0.15) is 12.0 Å². The van der Waals surface area contributed by atoms with Crippen molar-refractivity contribution in [1.82, 2.24) is 15.3 Å². The number of carbonyl (C=O) groups excluding carboxylic acids is 1. The molecule has 1 aliphatic rings. The van der Waals surface area contributed by atoms with Crippen LogP contribution < -0.4 is 22.1 Å². The number of nitrogens with zero attached hydrogens (tertiary/aromatic N) is 2. The lowest BCUT2D eigenvalue weighted by molar-refractivity contribution is -0.117. The molecular formula is C20H22N6O. The molecule has 1 aromatic carbocycles. The van der Waals surface area contributed by atoms with E-state index in [0.717, 1.165) is 33.9 Å². The molecule has 1 amide bonds. The number of hydrogen-bond donors (Lipinski definition) is 4. The Hall–Kier alpha value is -3.19. The molecule has 0 radical (unpaired) electrons. The summed E-state index contributed by atoms with van der Waals surface area (Å²) in [6, 6.07) is 6.01. The topological polar surface area (TPSA) is 119 Å². The molecule has 0 unspecified atom stereocenters. The van der Waals surface area contributed by atoms with Crippen LogP contribution in [0.4, 0.5) is 17.2 Å². The fourth-order valence-electron chi connectivity index (χ4n) is 3.36. The van der Waals surface area contributed by atoms with Gasteiger partial charge in [-0.05, 0) is 55.1 Å². The molecule has 1 aliphatic carbocycles. The lowest BCUT2D eigenvalue weighted by Gasteiger charge is -2.12. The summed E-state index contributed by atoms with van der Waals surface area (Å²) >= 11 is 0. The van der Waals surface area contributed by atoms with Gasteiger partial charge in [0.2, 0.25) is 5.91 Å². The molecule has 4 rings (SSSR count). The molecule has 2 atom stereocenters. The molecule has 1 saturated carbocycles. The van der Waals surface area contributed by atoms with Crippen LogP contribution in [-0.2, 0) is 4.79 Å². The van der Waals surface area contributed by atoms with Gasteiger partial charge in [-0.2, -0.15) is 0 Å². The largest absolute Gasteiger partial charge is 0.398 e. The van der Waals surface area contributed by atoms with Gasteiger partial charge >= 0.3 is 0 Å². The highest BCUT2D eigenvalue weighted by molar-refractivity contribution is 6.00. The third-order valence-electron chi connectivity index (χ3n) is 5.18. The fourth-order valence-corrected chi connectivity index (χ4v) is 3.36. The van der Waals surface area contributed by atoms with Gasteiger partial charge in [0.1, 0.15) is 5.82 Å². The van der Waals surface area contributed by atoms with E-state index in [1.807, 2.05) is 32.2 Å². The van der Waals surface area contributed by atoms with Gasteiger partial charge in [-0.3, -0.25) is 9.78 Å². The van der Waals surface area contributed by atoms with E-state index in [2.05, 4.69) is 20.6 Å². The van der Waals surface area contributed by atoms with Gasteiger partial charge < -0.3 is 22.1 Å². The number of amides is 1. The predicted octanol–water partition coefficient (Wildman–Crippen LogP) is 2.32. The summed E-state index contributed by atoms with van der Waals surface area (Å²) in [5.74, 6) is 0.513. The van der Waals surface area contributed by atoms with Gasteiger partial charge in [-0.1, -0.05) is 0 Å². The smallest absolute Gasteiger partial charge is 0.230 e. The molecule has 7 heteroatoms. The van der Waals surface area contributed by atoms with Gasteiger partial charge in [0, 0.05) is 35.1 Å². The van der Waals surface area contributed by atoms with Gasteiger partial charge in [-0.25, -0.2) is 4.98 Å². The summed E-state index contributed by atoms with van der Waals surface area (Å²) in [4.78, 5) is 20.8. The van der Waals surface area contributed by atoms with Crippen molar-refractivity contribution in [3.63, 3.8) is 0 Å². The van der Waals surface area contributed by atoms with E-state index in [-0.39, 0.29) is 17.9 Å². The van der Waals surface area contributed by atoms with Crippen LogP contribution in [0.25, 0.3) is 21.9 Å². The first-order valence-corrected chi connectivity index (χ1v) is 8.85. The lowest BCUT2D eigenvalue weighted by atomic mass is 9.98. The molecule has 7 nitrogen and oxygen atoms in total. The zero-order chi connectivity index (χ0) is 19.1. The molecule has 138 valence electrons. The van der Waals surface area contributed by atoms with Gasteiger partial charge in [0.15, 0.2) is 0 Å². The van der Waals surface area contributed by atoms with Crippen molar-refractivity contribution >= 4 is 33.9 Å². The number of fused-ring (bicyclic) bond motifs is 1. The summed E-state index contributed by atoms with van der Waals surface area (Å²) in [7, 11) is 1.86. The van der Waals surface area contributed by atoms with Gasteiger partial charge in [0.05, 0.1) is 17.8 Å². The zero-order valence-corrected chi connectivity index (χ0v) is 15.3. The molecule has 27 heavy (non-hydrogen) atoms. The number of aromatic nitrogens is 2. The predicted molar refractivity (Wildman–Crippen MR) is 108 cm³/mol. The number of benzene rings is 1. The highest BCUT2D eigenvalue weighted by Crippen LogP contribution is 2.34. The Morgan fingerprint density at radius 1 is 1.15 bits per heavy atom. The number of nitrogens with one attached hydrogen (secondary N) is 2. The summed E-state index contributed by atoms with van der Waals surface area (Å²) in [5.41, 5.74) is 16.3. The lowest BCUT2D eigenvalue weighted by Crippen LogP contribution is -2.21. The minimum Gasteiger partial charge on any atom is -0.398 e. The second kappa shape index (κ2) is 6.51. The highest BCUT2D eigenvalue weighted by Gasteiger charge is 2.41. The molecule has 0 saturated heterocycles. The first-order valence-electron chi connectivity index (χ1n) is 8.85. The average Bonchev–Trinajstić information content (AvgIpc) is 3.44. The summed E-state index contributed by atoms with van der Waals surface area (Å²) in [5, 5.41) is 7.75. The molecular weight excluding hydrogens is 340 g/mol. The monoisotopic (exact) mass is 362 g/mol. The van der Waals surface area contributed by atoms with E-state index in [4.69, 9.17) is 11.5 Å². The molecule has 2 aromatic heterocycles. The number of pyridine rings is 2. The number of rotatable bonds is 4.